The smallest absolute Gasteiger partial charge is 0.371 e. The Labute approximate surface area is 121 Å². The SMILES string of the molecule is Cc1cnccc1CNS(=O)(=O)c1cc(C(=O)O)oc1C. The van der Waals surface area contributed by atoms with Gasteiger partial charge in [0, 0.05) is 25.0 Å². The first-order chi connectivity index (χ1) is 9.81. The predicted octanol–water partition coefficient (Wildman–Crippen LogP) is 1.47. The minimum Gasteiger partial charge on any atom is -0.475 e. The van der Waals surface area contributed by atoms with E-state index < -0.39 is 21.8 Å². The van der Waals surface area contributed by atoms with Crippen LogP contribution in [0.4, 0.5) is 0 Å². The van der Waals surface area contributed by atoms with Crippen molar-refractivity contribution >= 4 is 16.0 Å². The Kier molecular flexibility index (Phi) is 4.10. The van der Waals surface area contributed by atoms with Crippen LogP contribution in [0.1, 0.15) is 27.4 Å². The fraction of sp³-hybridized carbons (Fsp3) is 0.231. The van der Waals surface area contributed by atoms with Gasteiger partial charge in [0.1, 0.15) is 10.7 Å². The number of sulfonamides is 1. The van der Waals surface area contributed by atoms with E-state index in [1.807, 2.05) is 6.92 Å². The minimum atomic E-state index is -3.85. The van der Waals surface area contributed by atoms with Crippen LogP contribution in [0.3, 0.4) is 0 Å². The third-order valence-corrected chi connectivity index (χ3v) is 4.47. The van der Waals surface area contributed by atoms with E-state index in [9.17, 15) is 13.2 Å². The molecule has 0 aliphatic heterocycles. The molecule has 8 heteroatoms. The van der Waals surface area contributed by atoms with Gasteiger partial charge in [-0.05, 0) is 31.0 Å². The lowest BCUT2D eigenvalue weighted by Crippen LogP contribution is -2.23. The highest BCUT2D eigenvalue weighted by Gasteiger charge is 2.23. The summed E-state index contributed by atoms with van der Waals surface area (Å²) in [5, 5.41) is 8.82. The average Bonchev–Trinajstić information content (AvgIpc) is 2.81. The molecular formula is C13H14N2O5S. The lowest BCUT2D eigenvalue weighted by molar-refractivity contribution is 0.0661. The highest BCUT2D eigenvalue weighted by molar-refractivity contribution is 7.89. The number of nitrogens with zero attached hydrogens (tertiary/aromatic N) is 1. The van der Waals surface area contributed by atoms with Crippen molar-refractivity contribution in [3.05, 3.63) is 47.2 Å². The number of hydrogen-bond acceptors (Lipinski definition) is 5. The topological polar surface area (TPSA) is 110 Å². The Hall–Kier alpha value is -2.19. The summed E-state index contributed by atoms with van der Waals surface area (Å²) in [5.74, 6) is -1.69. The quantitative estimate of drug-likeness (QED) is 0.865. The Morgan fingerprint density at radius 1 is 1.43 bits per heavy atom. The molecule has 2 N–H and O–H groups in total. The summed E-state index contributed by atoms with van der Waals surface area (Å²) in [7, 11) is -3.85. The molecule has 2 aromatic rings. The van der Waals surface area contributed by atoms with Gasteiger partial charge in [-0.3, -0.25) is 4.98 Å². The Morgan fingerprint density at radius 3 is 2.71 bits per heavy atom. The van der Waals surface area contributed by atoms with Gasteiger partial charge in [0.05, 0.1) is 0 Å². The van der Waals surface area contributed by atoms with Crippen LogP contribution < -0.4 is 4.72 Å². The van der Waals surface area contributed by atoms with Crippen molar-refractivity contribution in [3.63, 3.8) is 0 Å². The first-order valence-corrected chi connectivity index (χ1v) is 7.52. The van der Waals surface area contributed by atoms with Crippen LogP contribution in [0, 0.1) is 13.8 Å². The van der Waals surface area contributed by atoms with Crippen molar-refractivity contribution < 1.29 is 22.7 Å². The molecule has 0 atom stereocenters. The normalized spacial score (nSPS) is 11.5. The van der Waals surface area contributed by atoms with Crippen molar-refractivity contribution in [1.29, 1.82) is 0 Å². The highest BCUT2D eigenvalue weighted by Crippen LogP contribution is 2.20. The van der Waals surface area contributed by atoms with E-state index in [1.54, 1.807) is 18.5 Å². The second kappa shape index (κ2) is 5.66. The molecule has 0 spiro atoms. The highest BCUT2D eigenvalue weighted by atomic mass is 32.2. The third kappa shape index (κ3) is 3.29. The number of carboxylic acid groups (broad SMARTS) is 1. The maximum Gasteiger partial charge on any atom is 0.371 e. The van der Waals surface area contributed by atoms with E-state index in [2.05, 4.69) is 9.71 Å². The zero-order chi connectivity index (χ0) is 15.6. The molecule has 0 aromatic carbocycles. The van der Waals surface area contributed by atoms with Crippen molar-refractivity contribution in [2.75, 3.05) is 0 Å². The molecule has 0 saturated carbocycles. The lowest BCUT2D eigenvalue weighted by atomic mass is 10.2. The molecule has 0 aliphatic carbocycles. The fourth-order valence-electron chi connectivity index (χ4n) is 1.79. The van der Waals surface area contributed by atoms with Crippen LogP contribution in [-0.4, -0.2) is 24.5 Å². The number of hydrogen-bond donors (Lipinski definition) is 2. The number of aromatic nitrogens is 1. The molecule has 2 heterocycles. The summed E-state index contributed by atoms with van der Waals surface area (Å²) in [4.78, 5) is 14.6. The van der Waals surface area contributed by atoms with E-state index in [1.165, 1.54) is 6.92 Å². The van der Waals surface area contributed by atoms with Gasteiger partial charge in [0.2, 0.25) is 15.8 Å². The van der Waals surface area contributed by atoms with Gasteiger partial charge in [-0.25, -0.2) is 17.9 Å². The number of pyridine rings is 1. The molecule has 0 aliphatic rings. The molecule has 0 amide bonds. The molecule has 2 rings (SSSR count). The molecule has 0 unspecified atom stereocenters. The standard InChI is InChI=1S/C13H14N2O5S/c1-8-6-14-4-3-10(8)7-15-21(18,19)12-5-11(13(16)17)20-9(12)2/h3-6,15H,7H2,1-2H3,(H,16,17). The third-order valence-electron chi connectivity index (χ3n) is 2.96. The summed E-state index contributed by atoms with van der Waals surface area (Å²) in [6, 6.07) is 2.71. The van der Waals surface area contributed by atoms with E-state index in [4.69, 9.17) is 9.52 Å². The van der Waals surface area contributed by atoms with Crippen LogP contribution in [0.2, 0.25) is 0 Å². The van der Waals surface area contributed by atoms with Gasteiger partial charge in [0.15, 0.2) is 0 Å². The number of carboxylic acids is 1. The second-order valence-electron chi connectivity index (χ2n) is 4.46. The molecule has 0 saturated heterocycles. The fourth-order valence-corrected chi connectivity index (χ4v) is 2.97. The summed E-state index contributed by atoms with van der Waals surface area (Å²) in [6.07, 6.45) is 3.21. The summed E-state index contributed by atoms with van der Waals surface area (Å²) < 4.78 is 31.7. The maximum absolute atomic E-state index is 12.2. The first kappa shape index (κ1) is 15.2. The molecule has 0 radical (unpaired) electrons. The van der Waals surface area contributed by atoms with Crippen molar-refractivity contribution in [2.45, 2.75) is 25.3 Å². The molecule has 0 bridgehead atoms. The summed E-state index contributed by atoms with van der Waals surface area (Å²) in [5.41, 5.74) is 1.64. The van der Waals surface area contributed by atoms with Gasteiger partial charge in [-0.1, -0.05) is 0 Å². The monoisotopic (exact) mass is 310 g/mol. The molecule has 7 nitrogen and oxygen atoms in total. The van der Waals surface area contributed by atoms with Gasteiger partial charge in [-0.15, -0.1) is 0 Å². The van der Waals surface area contributed by atoms with Crippen LogP contribution in [0.5, 0.6) is 0 Å². The summed E-state index contributed by atoms with van der Waals surface area (Å²) >= 11 is 0. The second-order valence-corrected chi connectivity index (χ2v) is 6.20. The zero-order valence-electron chi connectivity index (χ0n) is 11.5. The molecule has 21 heavy (non-hydrogen) atoms. The first-order valence-electron chi connectivity index (χ1n) is 6.04. The number of carbonyl (C=O) groups is 1. The lowest BCUT2D eigenvalue weighted by Gasteiger charge is -2.07. The van der Waals surface area contributed by atoms with Crippen LogP contribution in [0.15, 0.2) is 33.8 Å². The minimum absolute atomic E-state index is 0.0337. The predicted molar refractivity (Wildman–Crippen MR) is 73.4 cm³/mol. The Bertz CT molecular complexity index is 780. The van der Waals surface area contributed by atoms with Gasteiger partial charge in [0.25, 0.3) is 0 Å². The van der Waals surface area contributed by atoms with Crippen LogP contribution in [-0.2, 0) is 16.6 Å². The average molecular weight is 310 g/mol. The molecular weight excluding hydrogens is 296 g/mol. The summed E-state index contributed by atoms with van der Waals surface area (Å²) in [6.45, 7) is 3.31. The van der Waals surface area contributed by atoms with Gasteiger partial charge >= 0.3 is 5.97 Å². The number of furan rings is 1. The van der Waals surface area contributed by atoms with E-state index >= 15 is 0 Å². The molecule has 0 fully saturated rings. The largest absolute Gasteiger partial charge is 0.475 e. The van der Waals surface area contributed by atoms with E-state index in [0.717, 1.165) is 17.2 Å². The van der Waals surface area contributed by atoms with Gasteiger partial charge in [-0.2, -0.15) is 0 Å². The van der Waals surface area contributed by atoms with E-state index in [-0.39, 0.29) is 17.2 Å². The van der Waals surface area contributed by atoms with Crippen molar-refractivity contribution in [1.82, 2.24) is 9.71 Å². The number of rotatable bonds is 5. The maximum atomic E-state index is 12.2. The zero-order valence-corrected chi connectivity index (χ0v) is 12.3. The molecule has 2 aromatic heterocycles. The number of nitrogens with one attached hydrogen (secondary N) is 1. The molecule has 112 valence electrons. The van der Waals surface area contributed by atoms with Gasteiger partial charge < -0.3 is 9.52 Å². The van der Waals surface area contributed by atoms with Crippen molar-refractivity contribution in [2.24, 2.45) is 0 Å². The van der Waals surface area contributed by atoms with Crippen molar-refractivity contribution in [3.8, 4) is 0 Å². The Balaban J connectivity index is 2.23. The van der Waals surface area contributed by atoms with E-state index in [0.29, 0.717) is 0 Å². The number of aromatic carboxylic acids is 1. The number of aryl methyl sites for hydroxylation is 2. The Morgan fingerprint density at radius 2 is 2.14 bits per heavy atom. The van der Waals surface area contributed by atoms with Crippen LogP contribution in [0.25, 0.3) is 0 Å². The van der Waals surface area contributed by atoms with Crippen LogP contribution >= 0.6 is 0 Å².